The van der Waals surface area contributed by atoms with Gasteiger partial charge in [0, 0.05) is 0 Å². The van der Waals surface area contributed by atoms with Gasteiger partial charge >= 0.3 is 5.97 Å². The molecule has 2 fully saturated rings. The minimum atomic E-state index is -0.711. The van der Waals surface area contributed by atoms with Crippen LogP contribution >= 0.6 is 0 Å². The Morgan fingerprint density at radius 3 is 2.79 bits per heavy atom. The topological polar surface area (TPSA) is 65.1 Å². The Morgan fingerprint density at radius 1 is 1.36 bits per heavy atom. The summed E-state index contributed by atoms with van der Waals surface area (Å²) >= 11 is 0. The Hall–Kier alpha value is -2.34. The second-order valence-corrected chi connectivity index (χ2v) is 7.84. The first-order valence-electron chi connectivity index (χ1n) is 9.99. The lowest BCUT2D eigenvalue weighted by Gasteiger charge is -2.27. The van der Waals surface area contributed by atoms with Crippen LogP contribution in [0.3, 0.4) is 0 Å². The molecule has 1 amide bonds. The fourth-order valence-electron chi connectivity index (χ4n) is 4.60. The molecule has 2 saturated heterocycles. The van der Waals surface area contributed by atoms with Crippen LogP contribution in [0.2, 0.25) is 0 Å². The quantitative estimate of drug-likeness (QED) is 0.410. The third kappa shape index (κ3) is 2.91. The van der Waals surface area contributed by atoms with Crippen molar-refractivity contribution in [2.45, 2.75) is 44.4 Å². The molecule has 150 valence electrons. The second-order valence-electron chi connectivity index (χ2n) is 7.84. The van der Waals surface area contributed by atoms with Crippen LogP contribution < -0.4 is 4.74 Å². The molecule has 0 aliphatic carbocycles. The van der Waals surface area contributed by atoms with Gasteiger partial charge in [-0.1, -0.05) is 37.6 Å². The van der Waals surface area contributed by atoms with Gasteiger partial charge in [0.15, 0.2) is 0 Å². The number of rotatable bonds is 7. The van der Waals surface area contributed by atoms with Crippen molar-refractivity contribution in [3.8, 4) is 5.75 Å². The summed E-state index contributed by atoms with van der Waals surface area (Å²) in [5.74, 6) is -0.631. The zero-order valence-electron chi connectivity index (χ0n) is 16.6. The zero-order valence-corrected chi connectivity index (χ0v) is 16.6. The zero-order chi connectivity index (χ0) is 19.9. The van der Waals surface area contributed by atoms with E-state index < -0.39 is 17.4 Å². The first-order chi connectivity index (χ1) is 13.5. The van der Waals surface area contributed by atoms with E-state index in [1.165, 1.54) is 0 Å². The molecule has 6 nitrogen and oxygen atoms in total. The van der Waals surface area contributed by atoms with E-state index in [1.54, 1.807) is 7.11 Å². The van der Waals surface area contributed by atoms with Crippen molar-refractivity contribution in [1.82, 2.24) is 4.90 Å². The molecule has 3 aliphatic heterocycles. The van der Waals surface area contributed by atoms with Crippen LogP contribution in [0.5, 0.6) is 5.75 Å². The van der Waals surface area contributed by atoms with Gasteiger partial charge in [-0.05, 0) is 31.0 Å². The lowest BCUT2D eigenvalue weighted by Crippen LogP contribution is -2.40. The summed E-state index contributed by atoms with van der Waals surface area (Å²) in [5, 5.41) is 0. The van der Waals surface area contributed by atoms with E-state index >= 15 is 0 Å². The van der Waals surface area contributed by atoms with Gasteiger partial charge in [0.2, 0.25) is 5.91 Å². The molecule has 28 heavy (non-hydrogen) atoms. The maximum atomic E-state index is 13.3. The van der Waals surface area contributed by atoms with Crippen molar-refractivity contribution >= 4 is 11.9 Å². The highest BCUT2D eigenvalue weighted by Crippen LogP contribution is 2.53. The third-order valence-corrected chi connectivity index (χ3v) is 6.21. The summed E-state index contributed by atoms with van der Waals surface area (Å²) in [6.45, 7) is 4.89. The Kier molecular flexibility index (Phi) is 4.91. The molecule has 0 saturated carbocycles. The molecular formula is C22H27NO5. The third-order valence-electron chi connectivity index (χ3n) is 6.21. The van der Waals surface area contributed by atoms with E-state index in [9.17, 15) is 9.59 Å². The van der Waals surface area contributed by atoms with Crippen LogP contribution in [0.25, 0.3) is 0 Å². The number of amides is 1. The molecule has 6 heteroatoms. The van der Waals surface area contributed by atoms with E-state index in [4.69, 9.17) is 14.2 Å². The van der Waals surface area contributed by atoms with E-state index in [-0.39, 0.29) is 24.0 Å². The van der Waals surface area contributed by atoms with E-state index in [0.29, 0.717) is 13.2 Å². The number of nitrogens with zero attached hydrogens (tertiary/aromatic N) is 1. The number of carbonyl (C=O) groups excluding carboxylic acids is 2. The molecule has 0 N–H and O–H groups in total. The SMILES string of the molecule is CCCCOC(=O)C1[C@@H]2C=C[C@]3(CN(C(C)c4ccc(OC)cc4)C(=O)[C@H]13)O2. The lowest BCUT2D eigenvalue weighted by molar-refractivity contribution is -0.154. The minimum Gasteiger partial charge on any atom is -0.497 e. The summed E-state index contributed by atoms with van der Waals surface area (Å²) in [7, 11) is 1.63. The lowest BCUT2D eigenvalue weighted by atomic mass is 9.77. The molecule has 1 spiro atoms. The summed E-state index contributed by atoms with van der Waals surface area (Å²) < 4.78 is 16.8. The average Bonchev–Trinajstić information content (AvgIpc) is 3.36. The van der Waals surface area contributed by atoms with Crippen LogP contribution in [0.1, 0.15) is 38.3 Å². The average molecular weight is 385 g/mol. The van der Waals surface area contributed by atoms with E-state index in [1.807, 2.05) is 55.2 Å². The molecule has 4 rings (SSSR count). The molecule has 1 aromatic carbocycles. The second kappa shape index (κ2) is 7.24. The standard InChI is InChI=1S/C22H27NO5/c1-4-5-12-27-21(25)18-17-10-11-22(28-17)13-23(20(24)19(18)22)14(2)15-6-8-16(26-3)9-7-15/h6-11,14,17-19H,4-5,12-13H2,1-3H3/t14?,17-,18?,19-,22+/m0/s1. The summed E-state index contributed by atoms with van der Waals surface area (Å²) in [6, 6.07) is 7.59. The normalized spacial score (nSPS) is 31.2. The highest BCUT2D eigenvalue weighted by molar-refractivity contribution is 5.91. The van der Waals surface area contributed by atoms with Crippen molar-refractivity contribution in [1.29, 1.82) is 0 Å². The van der Waals surface area contributed by atoms with Gasteiger partial charge in [-0.2, -0.15) is 0 Å². The number of esters is 1. The highest BCUT2D eigenvalue weighted by atomic mass is 16.6. The largest absolute Gasteiger partial charge is 0.497 e. The van der Waals surface area contributed by atoms with Crippen molar-refractivity contribution in [3.05, 3.63) is 42.0 Å². The monoisotopic (exact) mass is 385 g/mol. The molecule has 1 aromatic rings. The summed E-state index contributed by atoms with van der Waals surface area (Å²) in [5.41, 5.74) is 0.308. The fraction of sp³-hybridized carbons (Fsp3) is 0.545. The number of hydrogen-bond acceptors (Lipinski definition) is 5. The predicted octanol–water partition coefficient (Wildman–Crippen LogP) is 2.88. The fourth-order valence-corrected chi connectivity index (χ4v) is 4.60. The highest BCUT2D eigenvalue weighted by Gasteiger charge is 2.67. The first-order valence-corrected chi connectivity index (χ1v) is 9.99. The first kappa shape index (κ1) is 19.0. The number of likely N-dealkylation sites (tertiary alicyclic amines) is 1. The number of carbonyl (C=O) groups is 2. The van der Waals surface area contributed by atoms with Gasteiger partial charge in [-0.25, -0.2) is 0 Å². The number of benzene rings is 1. The van der Waals surface area contributed by atoms with Gasteiger partial charge in [0.25, 0.3) is 0 Å². The number of fused-ring (bicyclic) bond motifs is 1. The summed E-state index contributed by atoms with van der Waals surface area (Å²) in [6.07, 6.45) is 5.30. The van der Waals surface area contributed by atoms with Gasteiger partial charge in [-0.15, -0.1) is 0 Å². The van der Waals surface area contributed by atoms with E-state index in [2.05, 4.69) is 0 Å². The van der Waals surface area contributed by atoms with Crippen LogP contribution in [0.15, 0.2) is 36.4 Å². The van der Waals surface area contributed by atoms with Gasteiger partial charge in [0.05, 0.1) is 38.3 Å². The Morgan fingerprint density at radius 2 is 2.11 bits per heavy atom. The molecule has 3 aliphatic rings. The number of hydrogen-bond donors (Lipinski definition) is 0. The predicted molar refractivity (Wildman–Crippen MR) is 103 cm³/mol. The van der Waals surface area contributed by atoms with Crippen LogP contribution in [0.4, 0.5) is 0 Å². The molecular weight excluding hydrogens is 358 g/mol. The van der Waals surface area contributed by atoms with Gasteiger partial charge in [-0.3, -0.25) is 9.59 Å². The minimum absolute atomic E-state index is 0.0346. The maximum absolute atomic E-state index is 13.3. The van der Waals surface area contributed by atoms with Crippen molar-refractivity contribution in [3.63, 3.8) is 0 Å². The van der Waals surface area contributed by atoms with Crippen LogP contribution in [-0.2, 0) is 19.1 Å². The Bertz CT molecular complexity index is 789. The number of ether oxygens (including phenoxy) is 3. The molecule has 2 bridgehead atoms. The van der Waals surface area contributed by atoms with E-state index in [0.717, 1.165) is 24.2 Å². The molecule has 2 unspecified atom stereocenters. The Balaban J connectivity index is 1.54. The maximum Gasteiger partial charge on any atom is 0.312 e. The number of unbranched alkanes of at least 4 members (excludes halogenated alkanes) is 1. The van der Waals surface area contributed by atoms with Gasteiger partial charge in [0.1, 0.15) is 17.3 Å². The smallest absolute Gasteiger partial charge is 0.312 e. The summed E-state index contributed by atoms with van der Waals surface area (Å²) in [4.78, 5) is 27.8. The van der Waals surface area contributed by atoms with Crippen molar-refractivity contribution < 1.29 is 23.8 Å². The van der Waals surface area contributed by atoms with Crippen LogP contribution in [0, 0.1) is 11.8 Å². The number of methoxy groups -OCH3 is 1. The molecule has 0 radical (unpaired) electrons. The Labute approximate surface area is 165 Å². The molecule has 5 atom stereocenters. The molecule has 0 aromatic heterocycles. The van der Waals surface area contributed by atoms with Gasteiger partial charge < -0.3 is 19.1 Å². The van der Waals surface area contributed by atoms with Crippen molar-refractivity contribution in [2.75, 3.05) is 20.3 Å². The molecule has 3 heterocycles. The van der Waals surface area contributed by atoms with Crippen LogP contribution in [-0.4, -0.2) is 48.7 Å². The van der Waals surface area contributed by atoms with Crippen molar-refractivity contribution in [2.24, 2.45) is 11.8 Å².